The van der Waals surface area contributed by atoms with Crippen LogP contribution in [0.25, 0.3) is 0 Å². The van der Waals surface area contributed by atoms with Crippen LogP contribution in [0.2, 0.25) is 5.02 Å². The third-order valence-electron chi connectivity index (χ3n) is 3.01. The zero-order valence-corrected chi connectivity index (χ0v) is 14.5. The highest BCUT2D eigenvalue weighted by molar-refractivity contribution is 9.10. The van der Waals surface area contributed by atoms with Gasteiger partial charge in [-0.15, -0.1) is 0 Å². The molecule has 0 saturated heterocycles. The van der Waals surface area contributed by atoms with Gasteiger partial charge in [0.1, 0.15) is 12.4 Å². The Bertz CT molecular complexity index is 755. The summed E-state index contributed by atoms with van der Waals surface area (Å²) < 4.78 is 14.1. The van der Waals surface area contributed by atoms with E-state index in [1.54, 1.807) is 18.2 Å². The van der Waals surface area contributed by atoms with Gasteiger partial charge in [0.15, 0.2) is 0 Å². The van der Waals surface area contributed by atoms with Crippen molar-refractivity contribution in [1.29, 1.82) is 0 Å². The van der Waals surface area contributed by atoms with E-state index in [1.165, 1.54) is 24.0 Å². The minimum absolute atomic E-state index is 0.110. The molecule has 0 aromatic heterocycles. The molecule has 2 aromatic rings. The maximum atomic E-state index is 13.2. The molecule has 0 aliphatic carbocycles. The number of nitrogens with one attached hydrogen (secondary N) is 1. The molecule has 0 atom stereocenters. The highest BCUT2D eigenvalue weighted by atomic mass is 79.9. The van der Waals surface area contributed by atoms with Gasteiger partial charge in [-0.2, -0.15) is 0 Å². The summed E-state index contributed by atoms with van der Waals surface area (Å²) in [4.78, 5) is 25.1. The summed E-state index contributed by atoms with van der Waals surface area (Å²) in [5.41, 5.74) is 0.957. The molecular formula is C16H13BrClFN2O2. The van der Waals surface area contributed by atoms with Crippen molar-refractivity contribution in [3.8, 4) is 0 Å². The smallest absolute Gasteiger partial charge is 0.244 e. The number of hydrogen-bond acceptors (Lipinski definition) is 2. The fourth-order valence-corrected chi connectivity index (χ4v) is 2.52. The largest absolute Gasteiger partial charge is 0.324 e. The minimum Gasteiger partial charge on any atom is -0.324 e. The molecule has 0 radical (unpaired) electrons. The molecule has 23 heavy (non-hydrogen) atoms. The predicted octanol–water partition coefficient (Wildman–Crippen LogP) is 4.23. The van der Waals surface area contributed by atoms with Crippen LogP contribution in [-0.4, -0.2) is 18.4 Å². The van der Waals surface area contributed by atoms with Crippen molar-refractivity contribution in [2.75, 3.05) is 16.8 Å². The molecule has 0 bridgehead atoms. The standard InChI is InChI=1S/C16H13BrClFN2O2/c1-10(22)21(13-5-6-15(19)14(18)8-13)9-16(23)20-12-4-2-3-11(17)7-12/h2-8H,9H2,1H3,(H,20,23). The molecule has 0 aliphatic heterocycles. The quantitative estimate of drug-likeness (QED) is 0.836. The van der Waals surface area contributed by atoms with E-state index in [2.05, 4.69) is 21.2 Å². The van der Waals surface area contributed by atoms with Crippen LogP contribution in [0.5, 0.6) is 0 Å². The van der Waals surface area contributed by atoms with Gasteiger partial charge in [-0.05, 0) is 36.4 Å². The number of anilines is 2. The van der Waals surface area contributed by atoms with Crippen molar-refractivity contribution < 1.29 is 14.0 Å². The Morgan fingerprint density at radius 1 is 1.26 bits per heavy atom. The summed E-state index contributed by atoms with van der Waals surface area (Å²) in [6.45, 7) is 1.12. The molecule has 120 valence electrons. The Morgan fingerprint density at radius 3 is 2.61 bits per heavy atom. The molecule has 2 amide bonds. The van der Waals surface area contributed by atoms with Crippen LogP contribution in [0.15, 0.2) is 46.9 Å². The van der Waals surface area contributed by atoms with E-state index >= 15 is 0 Å². The lowest BCUT2D eigenvalue weighted by Crippen LogP contribution is -2.36. The fraction of sp³-hybridized carbons (Fsp3) is 0.125. The molecule has 1 N–H and O–H groups in total. The van der Waals surface area contributed by atoms with Gasteiger partial charge in [-0.25, -0.2) is 4.39 Å². The normalized spacial score (nSPS) is 10.3. The average Bonchev–Trinajstić information content (AvgIpc) is 2.47. The number of nitrogens with zero attached hydrogens (tertiary/aromatic N) is 1. The molecule has 0 heterocycles. The van der Waals surface area contributed by atoms with Gasteiger partial charge in [0.2, 0.25) is 11.8 Å². The average molecular weight is 400 g/mol. The summed E-state index contributed by atoms with van der Waals surface area (Å²) in [6.07, 6.45) is 0. The van der Waals surface area contributed by atoms with Crippen molar-refractivity contribution in [3.63, 3.8) is 0 Å². The molecular weight excluding hydrogens is 387 g/mol. The second-order valence-electron chi connectivity index (χ2n) is 4.76. The SMILES string of the molecule is CC(=O)N(CC(=O)Nc1cccc(Br)c1)c1ccc(F)c(Cl)c1. The lowest BCUT2D eigenvalue weighted by molar-refractivity contribution is -0.120. The van der Waals surface area contributed by atoms with Crippen LogP contribution in [0.3, 0.4) is 0 Å². The van der Waals surface area contributed by atoms with Gasteiger partial charge in [0, 0.05) is 22.8 Å². The topological polar surface area (TPSA) is 49.4 Å². The fourth-order valence-electron chi connectivity index (χ4n) is 1.95. The van der Waals surface area contributed by atoms with Crippen LogP contribution in [0.4, 0.5) is 15.8 Å². The first-order chi connectivity index (χ1) is 10.9. The number of halogens is 3. The highest BCUT2D eigenvalue weighted by Crippen LogP contribution is 2.23. The molecule has 0 unspecified atom stereocenters. The van der Waals surface area contributed by atoms with Crippen LogP contribution >= 0.6 is 27.5 Å². The summed E-state index contributed by atoms with van der Waals surface area (Å²) in [7, 11) is 0. The summed E-state index contributed by atoms with van der Waals surface area (Å²) in [5.74, 6) is -1.31. The number of amides is 2. The summed E-state index contributed by atoms with van der Waals surface area (Å²) in [6, 6.07) is 10.9. The van der Waals surface area contributed by atoms with E-state index in [1.807, 2.05) is 6.07 Å². The number of carbonyl (C=O) groups excluding carboxylic acids is 2. The zero-order valence-electron chi connectivity index (χ0n) is 12.1. The third-order valence-corrected chi connectivity index (χ3v) is 3.79. The maximum Gasteiger partial charge on any atom is 0.244 e. The second-order valence-corrected chi connectivity index (χ2v) is 6.08. The molecule has 2 rings (SSSR count). The first-order valence-electron chi connectivity index (χ1n) is 6.65. The molecule has 2 aromatic carbocycles. The van der Waals surface area contributed by atoms with E-state index in [4.69, 9.17) is 11.6 Å². The van der Waals surface area contributed by atoms with Crippen molar-refractivity contribution in [2.45, 2.75) is 6.92 Å². The third kappa shape index (κ3) is 4.77. The van der Waals surface area contributed by atoms with Crippen LogP contribution in [0, 0.1) is 5.82 Å². The Kier molecular flexibility index (Phi) is 5.74. The molecule has 4 nitrogen and oxygen atoms in total. The molecule has 7 heteroatoms. The minimum atomic E-state index is -0.586. The van der Waals surface area contributed by atoms with Gasteiger partial charge in [0.05, 0.1) is 5.02 Å². The lowest BCUT2D eigenvalue weighted by atomic mass is 10.2. The van der Waals surface area contributed by atoms with Gasteiger partial charge >= 0.3 is 0 Å². The lowest BCUT2D eigenvalue weighted by Gasteiger charge is -2.21. The Labute approximate surface area is 146 Å². The molecule has 0 saturated carbocycles. The number of rotatable bonds is 4. The Morgan fingerprint density at radius 2 is 2.00 bits per heavy atom. The van der Waals surface area contributed by atoms with Gasteiger partial charge in [0.25, 0.3) is 0 Å². The second kappa shape index (κ2) is 7.57. The van der Waals surface area contributed by atoms with Crippen LogP contribution in [-0.2, 0) is 9.59 Å². The first-order valence-corrected chi connectivity index (χ1v) is 7.82. The van der Waals surface area contributed by atoms with Gasteiger partial charge < -0.3 is 10.2 Å². The Hall–Kier alpha value is -1.92. The summed E-state index contributed by atoms with van der Waals surface area (Å²) in [5, 5.41) is 2.58. The van der Waals surface area contributed by atoms with Gasteiger partial charge in [-0.3, -0.25) is 9.59 Å². The molecule has 0 aliphatic rings. The Balaban J connectivity index is 2.14. The van der Waals surface area contributed by atoms with Gasteiger partial charge in [-0.1, -0.05) is 33.6 Å². The van der Waals surface area contributed by atoms with E-state index in [-0.39, 0.29) is 23.4 Å². The molecule has 0 spiro atoms. The first kappa shape index (κ1) is 17.4. The van der Waals surface area contributed by atoms with Crippen molar-refractivity contribution in [3.05, 3.63) is 57.8 Å². The zero-order chi connectivity index (χ0) is 17.0. The molecule has 0 fully saturated rings. The highest BCUT2D eigenvalue weighted by Gasteiger charge is 2.17. The summed E-state index contributed by atoms with van der Waals surface area (Å²) >= 11 is 9.04. The van der Waals surface area contributed by atoms with Crippen molar-refractivity contribution in [1.82, 2.24) is 0 Å². The number of carbonyl (C=O) groups is 2. The van der Waals surface area contributed by atoms with Crippen LogP contribution < -0.4 is 10.2 Å². The predicted molar refractivity (Wildman–Crippen MR) is 92.2 cm³/mol. The number of benzene rings is 2. The van der Waals surface area contributed by atoms with E-state index in [9.17, 15) is 14.0 Å². The monoisotopic (exact) mass is 398 g/mol. The van der Waals surface area contributed by atoms with E-state index in [0.717, 1.165) is 10.5 Å². The van der Waals surface area contributed by atoms with Crippen LogP contribution in [0.1, 0.15) is 6.92 Å². The van der Waals surface area contributed by atoms with Crippen molar-refractivity contribution >= 4 is 50.7 Å². The number of hydrogen-bond donors (Lipinski definition) is 1. The van der Waals surface area contributed by atoms with E-state index in [0.29, 0.717) is 11.4 Å². The van der Waals surface area contributed by atoms with Crippen molar-refractivity contribution in [2.24, 2.45) is 0 Å². The maximum absolute atomic E-state index is 13.2. The van der Waals surface area contributed by atoms with E-state index < -0.39 is 5.82 Å².